The zero-order chi connectivity index (χ0) is 15.5. The fourth-order valence-electron chi connectivity index (χ4n) is 3.69. The van der Waals surface area contributed by atoms with Crippen LogP contribution in [0.5, 0.6) is 0 Å². The third kappa shape index (κ3) is 3.27. The van der Waals surface area contributed by atoms with Crippen LogP contribution >= 0.6 is 0 Å². The van der Waals surface area contributed by atoms with E-state index in [1.54, 1.807) is 0 Å². The van der Waals surface area contributed by atoms with E-state index in [0.29, 0.717) is 5.56 Å². The molecule has 2 rings (SSSR count). The topological polar surface area (TPSA) is 15.3 Å². The first-order valence-corrected chi connectivity index (χ1v) is 7.87. The molecule has 118 valence electrons. The Labute approximate surface area is 126 Å². The number of nitrogens with one attached hydrogen (secondary N) is 1. The summed E-state index contributed by atoms with van der Waals surface area (Å²) in [6, 6.07) is 3.59. The Morgan fingerprint density at radius 1 is 1.19 bits per heavy atom. The molecule has 4 heteroatoms. The highest BCUT2D eigenvalue weighted by Crippen LogP contribution is 2.42. The zero-order valence-electron chi connectivity index (χ0n) is 13.3. The lowest BCUT2D eigenvalue weighted by Crippen LogP contribution is -2.55. The minimum atomic E-state index is -0.376. The van der Waals surface area contributed by atoms with Gasteiger partial charge in [-0.25, -0.2) is 8.78 Å². The van der Waals surface area contributed by atoms with Crippen molar-refractivity contribution in [3.8, 4) is 0 Å². The third-order valence-corrected chi connectivity index (χ3v) is 4.82. The normalized spacial score (nSPS) is 19.7. The van der Waals surface area contributed by atoms with Gasteiger partial charge in [-0.1, -0.05) is 26.2 Å². The van der Waals surface area contributed by atoms with Crippen molar-refractivity contribution in [3.05, 3.63) is 35.4 Å². The highest BCUT2D eigenvalue weighted by molar-refractivity contribution is 5.26. The Balaban J connectivity index is 2.47. The number of benzene rings is 1. The summed E-state index contributed by atoms with van der Waals surface area (Å²) < 4.78 is 27.9. The van der Waals surface area contributed by atoms with Crippen LogP contribution in [0.4, 0.5) is 8.78 Å². The van der Waals surface area contributed by atoms with Gasteiger partial charge in [0.25, 0.3) is 0 Å². The van der Waals surface area contributed by atoms with Gasteiger partial charge in [-0.15, -0.1) is 0 Å². The second-order valence-corrected chi connectivity index (χ2v) is 6.22. The van der Waals surface area contributed by atoms with Crippen LogP contribution in [0.15, 0.2) is 18.2 Å². The minimum absolute atomic E-state index is 0.150. The van der Waals surface area contributed by atoms with Crippen molar-refractivity contribution < 1.29 is 8.78 Å². The number of likely N-dealkylation sites (N-methyl/N-ethyl adjacent to an activating group) is 2. The molecule has 0 spiro atoms. The van der Waals surface area contributed by atoms with Gasteiger partial charge in [0.05, 0.1) is 6.04 Å². The molecule has 1 N–H and O–H groups in total. The number of hydrogen-bond donors (Lipinski definition) is 1. The average Bonchev–Trinajstić information content (AvgIpc) is 2.48. The predicted molar refractivity (Wildman–Crippen MR) is 82.3 cm³/mol. The Kier molecular flexibility index (Phi) is 5.33. The molecule has 0 aromatic heterocycles. The predicted octanol–water partition coefficient (Wildman–Crippen LogP) is 3.88. The first-order chi connectivity index (χ1) is 10.0. The van der Waals surface area contributed by atoms with Crippen LogP contribution in [-0.4, -0.2) is 31.1 Å². The molecule has 1 unspecified atom stereocenters. The molecule has 0 heterocycles. The molecular weight excluding hydrogens is 270 g/mol. The standard InChI is InChI=1S/C17H26F2N2/c1-4-20-16(14-12-13(18)8-9-15(14)19)17(21(2)3)10-6-5-7-11-17/h8-9,12,16,20H,4-7,10-11H2,1-3H3. The zero-order valence-corrected chi connectivity index (χ0v) is 13.3. The Hall–Kier alpha value is -1.00. The number of halogens is 2. The van der Waals surface area contributed by atoms with Crippen molar-refractivity contribution >= 4 is 0 Å². The van der Waals surface area contributed by atoms with Crippen LogP contribution in [0.25, 0.3) is 0 Å². The Morgan fingerprint density at radius 3 is 2.43 bits per heavy atom. The van der Waals surface area contributed by atoms with Gasteiger partial charge in [-0.2, -0.15) is 0 Å². The van der Waals surface area contributed by atoms with Crippen LogP contribution < -0.4 is 5.32 Å². The van der Waals surface area contributed by atoms with Gasteiger partial charge in [-0.3, -0.25) is 0 Å². The largest absolute Gasteiger partial charge is 0.309 e. The lowest BCUT2D eigenvalue weighted by molar-refractivity contribution is 0.0555. The van der Waals surface area contributed by atoms with Gasteiger partial charge < -0.3 is 10.2 Å². The van der Waals surface area contributed by atoms with E-state index in [4.69, 9.17) is 0 Å². The van der Waals surface area contributed by atoms with E-state index in [1.807, 2.05) is 21.0 Å². The molecule has 0 amide bonds. The van der Waals surface area contributed by atoms with E-state index in [0.717, 1.165) is 32.2 Å². The van der Waals surface area contributed by atoms with Gasteiger partial charge in [-0.05, 0) is 51.7 Å². The molecule has 0 bridgehead atoms. The lowest BCUT2D eigenvalue weighted by Gasteiger charge is -2.49. The van der Waals surface area contributed by atoms with E-state index in [9.17, 15) is 8.78 Å². The first kappa shape index (κ1) is 16.4. The first-order valence-electron chi connectivity index (χ1n) is 7.87. The molecule has 1 aliphatic carbocycles. The highest BCUT2D eigenvalue weighted by Gasteiger charge is 2.43. The SMILES string of the molecule is CCNC(c1cc(F)ccc1F)C1(N(C)C)CCCCC1. The molecule has 1 saturated carbocycles. The van der Waals surface area contributed by atoms with E-state index >= 15 is 0 Å². The molecule has 1 atom stereocenters. The monoisotopic (exact) mass is 296 g/mol. The maximum absolute atomic E-state index is 14.3. The summed E-state index contributed by atoms with van der Waals surface area (Å²) >= 11 is 0. The molecule has 21 heavy (non-hydrogen) atoms. The van der Waals surface area contributed by atoms with Crippen molar-refractivity contribution in [2.24, 2.45) is 0 Å². The molecule has 2 nitrogen and oxygen atoms in total. The van der Waals surface area contributed by atoms with Crippen molar-refractivity contribution in [1.82, 2.24) is 10.2 Å². The molecule has 1 aromatic rings. The summed E-state index contributed by atoms with van der Waals surface area (Å²) in [5.74, 6) is -0.701. The van der Waals surface area contributed by atoms with Crippen LogP contribution in [-0.2, 0) is 0 Å². The fourth-order valence-corrected chi connectivity index (χ4v) is 3.69. The van der Waals surface area contributed by atoms with Gasteiger partial charge >= 0.3 is 0 Å². The van der Waals surface area contributed by atoms with E-state index in [2.05, 4.69) is 10.2 Å². The van der Waals surface area contributed by atoms with E-state index in [1.165, 1.54) is 24.6 Å². The summed E-state index contributed by atoms with van der Waals surface area (Å²) in [6.45, 7) is 2.74. The number of hydrogen-bond acceptors (Lipinski definition) is 2. The maximum atomic E-state index is 14.3. The lowest BCUT2D eigenvalue weighted by atomic mass is 9.73. The van der Waals surface area contributed by atoms with E-state index in [-0.39, 0.29) is 23.2 Å². The average molecular weight is 296 g/mol. The Morgan fingerprint density at radius 2 is 1.86 bits per heavy atom. The second kappa shape index (κ2) is 6.84. The molecule has 1 fully saturated rings. The molecule has 1 aromatic carbocycles. The van der Waals surface area contributed by atoms with Crippen LogP contribution in [0.1, 0.15) is 50.6 Å². The van der Waals surface area contributed by atoms with Gasteiger partial charge in [0.1, 0.15) is 11.6 Å². The highest BCUT2D eigenvalue weighted by atomic mass is 19.1. The van der Waals surface area contributed by atoms with Gasteiger partial charge in [0.15, 0.2) is 0 Å². The summed E-state index contributed by atoms with van der Waals surface area (Å²) in [7, 11) is 4.10. The molecule has 1 aliphatic rings. The smallest absolute Gasteiger partial charge is 0.128 e. The fraction of sp³-hybridized carbons (Fsp3) is 0.647. The van der Waals surface area contributed by atoms with Crippen molar-refractivity contribution in [3.63, 3.8) is 0 Å². The van der Waals surface area contributed by atoms with Crippen LogP contribution in [0.3, 0.4) is 0 Å². The Bertz CT molecular complexity index is 468. The summed E-state index contributed by atoms with van der Waals surface area (Å²) in [4.78, 5) is 2.20. The van der Waals surface area contributed by atoms with E-state index < -0.39 is 0 Å². The maximum Gasteiger partial charge on any atom is 0.128 e. The van der Waals surface area contributed by atoms with Crippen LogP contribution in [0.2, 0.25) is 0 Å². The third-order valence-electron chi connectivity index (χ3n) is 4.82. The molecule has 0 radical (unpaired) electrons. The summed E-state index contributed by atoms with van der Waals surface area (Å²) in [5.41, 5.74) is 0.301. The van der Waals surface area contributed by atoms with Crippen LogP contribution in [0, 0.1) is 11.6 Å². The molecular formula is C17H26F2N2. The van der Waals surface area contributed by atoms with Crippen molar-refractivity contribution in [2.75, 3.05) is 20.6 Å². The summed E-state index contributed by atoms with van der Waals surface area (Å²) in [6.07, 6.45) is 5.51. The number of nitrogens with zero attached hydrogens (tertiary/aromatic N) is 1. The quantitative estimate of drug-likeness (QED) is 0.887. The molecule has 0 aliphatic heterocycles. The van der Waals surface area contributed by atoms with Gasteiger partial charge in [0.2, 0.25) is 0 Å². The van der Waals surface area contributed by atoms with Crippen molar-refractivity contribution in [2.45, 2.75) is 50.6 Å². The second-order valence-electron chi connectivity index (χ2n) is 6.22. The summed E-state index contributed by atoms with van der Waals surface area (Å²) in [5, 5.41) is 3.41. The van der Waals surface area contributed by atoms with Gasteiger partial charge in [0, 0.05) is 11.1 Å². The number of rotatable bonds is 5. The molecule has 0 saturated heterocycles. The minimum Gasteiger partial charge on any atom is -0.309 e. The van der Waals surface area contributed by atoms with Crippen molar-refractivity contribution in [1.29, 1.82) is 0 Å².